The van der Waals surface area contributed by atoms with Gasteiger partial charge in [0.15, 0.2) is 5.76 Å². The van der Waals surface area contributed by atoms with Crippen LogP contribution in [0, 0.1) is 0 Å². The molecule has 0 aliphatic heterocycles. The van der Waals surface area contributed by atoms with Crippen molar-refractivity contribution in [3.8, 4) is 5.75 Å². The molecule has 1 aromatic heterocycles. The standard InChI is InChI=1S/C15H12ClF2N3O/c16-13-8-11(6-7-20-13)22-12(9-21-15(17)18)14(19)10-4-2-1-3-5-10/h1-9,15H,19H2. The highest BCUT2D eigenvalue weighted by atomic mass is 35.5. The van der Waals surface area contributed by atoms with Crippen molar-refractivity contribution >= 4 is 23.5 Å². The zero-order valence-corrected chi connectivity index (χ0v) is 12.0. The summed E-state index contributed by atoms with van der Waals surface area (Å²) in [4.78, 5) is 6.83. The molecule has 2 rings (SSSR count). The van der Waals surface area contributed by atoms with Gasteiger partial charge in [0.2, 0.25) is 0 Å². The van der Waals surface area contributed by atoms with Crippen LogP contribution < -0.4 is 10.5 Å². The molecule has 2 N–H and O–H groups in total. The van der Waals surface area contributed by atoms with Crippen molar-refractivity contribution in [1.29, 1.82) is 0 Å². The number of aromatic nitrogens is 1. The van der Waals surface area contributed by atoms with Crippen LogP contribution >= 0.6 is 11.6 Å². The summed E-state index contributed by atoms with van der Waals surface area (Å²) in [7, 11) is 0. The van der Waals surface area contributed by atoms with Gasteiger partial charge in [-0.15, -0.1) is 0 Å². The third-order valence-electron chi connectivity index (χ3n) is 2.58. The number of ether oxygens (including phenoxy) is 1. The number of nitrogens with two attached hydrogens (primary N) is 1. The number of halogens is 3. The Morgan fingerprint density at radius 3 is 2.64 bits per heavy atom. The van der Waals surface area contributed by atoms with Crippen LogP contribution in [0.15, 0.2) is 59.4 Å². The summed E-state index contributed by atoms with van der Waals surface area (Å²) in [5.74, 6) is 0.309. The number of hydrogen-bond donors (Lipinski definition) is 1. The van der Waals surface area contributed by atoms with Gasteiger partial charge in [-0.25, -0.2) is 9.98 Å². The Bertz CT molecular complexity index is 690. The molecule has 1 aromatic carbocycles. The van der Waals surface area contributed by atoms with E-state index in [9.17, 15) is 8.78 Å². The van der Waals surface area contributed by atoms with Gasteiger partial charge in [0.25, 0.3) is 0 Å². The van der Waals surface area contributed by atoms with Crippen LogP contribution in [0.4, 0.5) is 8.78 Å². The summed E-state index contributed by atoms with van der Waals surface area (Å²) in [6, 6.07) is 11.8. The molecule has 0 bridgehead atoms. The highest BCUT2D eigenvalue weighted by Gasteiger charge is 2.09. The molecule has 7 heteroatoms. The molecule has 0 aliphatic carbocycles. The van der Waals surface area contributed by atoms with Crippen LogP contribution in [0.2, 0.25) is 5.15 Å². The molecule has 0 saturated carbocycles. The number of benzene rings is 1. The highest BCUT2D eigenvalue weighted by molar-refractivity contribution is 6.29. The smallest absolute Gasteiger partial charge is 0.331 e. The van der Waals surface area contributed by atoms with Gasteiger partial charge < -0.3 is 10.5 Å². The van der Waals surface area contributed by atoms with E-state index in [4.69, 9.17) is 22.1 Å². The normalized spacial score (nSPS) is 12.5. The van der Waals surface area contributed by atoms with Gasteiger partial charge in [-0.1, -0.05) is 41.9 Å². The number of pyridine rings is 1. The molecule has 0 fully saturated rings. The average Bonchev–Trinajstić information content (AvgIpc) is 2.51. The predicted molar refractivity (Wildman–Crippen MR) is 81.9 cm³/mol. The average molecular weight is 324 g/mol. The van der Waals surface area contributed by atoms with E-state index in [-0.39, 0.29) is 16.6 Å². The van der Waals surface area contributed by atoms with Crippen LogP contribution in [0.3, 0.4) is 0 Å². The third kappa shape index (κ3) is 4.53. The van der Waals surface area contributed by atoms with E-state index in [1.165, 1.54) is 18.3 Å². The number of nitrogens with zero attached hydrogens (tertiary/aromatic N) is 2. The first-order valence-corrected chi connectivity index (χ1v) is 6.60. The zero-order chi connectivity index (χ0) is 15.9. The number of aliphatic imine (C=N–C) groups is 1. The zero-order valence-electron chi connectivity index (χ0n) is 11.3. The first-order valence-electron chi connectivity index (χ1n) is 6.22. The molecule has 2 aromatic rings. The monoisotopic (exact) mass is 323 g/mol. The maximum Gasteiger partial charge on any atom is 0.331 e. The van der Waals surface area contributed by atoms with Gasteiger partial charge in [-0.2, -0.15) is 8.78 Å². The molecule has 4 nitrogen and oxygen atoms in total. The van der Waals surface area contributed by atoms with Crippen molar-refractivity contribution in [1.82, 2.24) is 4.98 Å². The van der Waals surface area contributed by atoms with E-state index < -0.39 is 6.55 Å². The molecular weight excluding hydrogens is 312 g/mol. The fourth-order valence-electron chi connectivity index (χ4n) is 1.61. The Kier molecular flexibility index (Phi) is 5.43. The van der Waals surface area contributed by atoms with Gasteiger partial charge in [-0.3, -0.25) is 0 Å². The van der Waals surface area contributed by atoms with Crippen LogP contribution in [0.25, 0.3) is 5.70 Å². The van der Waals surface area contributed by atoms with Gasteiger partial charge >= 0.3 is 6.55 Å². The van der Waals surface area contributed by atoms with Gasteiger partial charge in [0, 0.05) is 17.8 Å². The van der Waals surface area contributed by atoms with Crippen LogP contribution in [0.1, 0.15) is 5.56 Å². The van der Waals surface area contributed by atoms with Gasteiger partial charge in [0.1, 0.15) is 10.9 Å². The second kappa shape index (κ2) is 7.51. The number of allylic oxidation sites excluding steroid dienone is 1. The van der Waals surface area contributed by atoms with E-state index >= 15 is 0 Å². The Labute approximate surface area is 130 Å². The Morgan fingerprint density at radius 2 is 2.00 bits per heavy atom. The maximum atomic E-state index is 12.3. The number of hydrogen-bond acceptors (Lipinski definition) is 4. The summed E-state index contributed by atoms with van der Waals surface area (Å²) in [6.45, 7) is -2.86. The predicted octanol–water partition coefficient (Wildman–Crippen LogP) is 3.73. The van der Waals surface area contributed by atoms with Crippen molar-refractivity contribution in [2.24, 2.45) is 10.7 Å². The van der Waals surface area contributed by atoms with Gasteiger partial charge in [0.05, 0.1) is 11.9 Å². The largest absolute Gasteiger partial charge is 0.453 e. The first-order chi connectivity index (χ1) is 10.6. The number of alkyl halides is 2. The van der Waals surface area contributed by atoms with Crippen molar-refractivity contribution in [3.63, 3.8) is 0 Å². The summed E-state index contributed by atoms with van der Waals surface area (Å²) in [6.07, 6.45) is 2.32. The SMILES string of the molecule is NC(=C(C=NC(F)F)Oc1ccnc(Cl)c1)c1ccccc1. The minimum Gasteiger partial charge on any atom is -0.453 e. The summed E-state index contributed by atoms with van der Waals surface area (Å²) in [5.41, 5.74) is 6.78. The Balaban J connectivity index is 2.38. The lowest BCUT2D eigenvalue weighted by atomic mass is 10.1. The molecule has 0 saturated heterocycles. The van der Waals surface area contributed by atoms with Crippen molar-refractivity contribution in [2.75, 3.05) is 0 Å². The van der Waals surface area contributed by atoms with Crippen LogP contribution in [0.5, 0.6) is 5.75 Å². The fraction of sp³-hybridized carbons (Fsp3) is 0.0667. The molecule has 0 radical (unpaired) electrons. The summed E-state index contributed by atoms with van der Waals surface area (Å²) >= 11 is 5.76. The van der Waals surface area contributed by atoms with E-state index in [1.54, 1.807) is 24.3 Å². The quantitative estimate of drug-likeness (QED) is 0.395. The molecule has 0 unspecified atom stereocenters. The van der Waals surface area contributed by atoms with Gasteiger partial charge in [-0.05, 0) is 6.07 Å². The molecular formula is C15H12ClF2N3O. The minimum absolute atomic E-state index is 0.00577. The Morgan fingerprint density at radius 1 is 1.27 bits per heavy atom. The second-order valence-electron chi connectivity index (χ2n) is 4.12. The first kappa shape index (κ1) is 15.9. The van der Waals surface area contributed by atoms with E-state index in [2.05, 4.69) is 9.98 Å². The fourth-order valence-corrected chi connectivity index (χ4v) is 1.77. The summed E-state index contributed by atoms with van der Waals surface area (Å²) in [5, 5.41) is 0.209. The van der Waals surface area contributed by atoms with Crippen LogP contribution in [-0.2, 0) is 0 Å². The lowest BCUT2D eigenvalue weighted by molar-refractivity contribution is 0.160. The second-order valence-corrected chi connectivity index (χ2v) is 4.50. The molecule has 1 heterocycles. The van der Waals surface area contributed by atoms with E-state index in [1.807, 2.05) is 6.07 Å². The number of rotatable bonds is 5. The minimum atomic E-state index is -2.86. The summed E-state index contributed by atoms with van der Waals surface area (Å²) < 4.78 is 30.1. The maximum absolute atomic E-state index is 12.3. The molecule has 114 valence electrons. The third-order valence-corrected chi connectivity index (χ3v) is 2.79. The Hall–Kier alpha value is -2.47. The molecule has 0 spiro atoms. The van der Waals surface area contributed by atoms with Crippen molar-refractivity contribution in [2.45, 2.75) is 6.55 Å². The molecule has 0 atom stereocenters. The molecule has 22 heavy (non-hydrogen) atoms. The van der Waals surface area contributed by atoms with Crippen LogP contribution in [-0.4, -0.2) is 17.7 Å². The topological polar surface area (TPSA) is 60.5 Å². The van der Waals surface area contributed by atoms with E-state index in [0.717, 1.165) is 6.21 Å². The lowest BCUT2D eigenvalue weighted by Gasteiger charge is -2.10. The molecule has 0 aliphatic rings. The molecule has 0 amide bonds. The van der Waals surface area contributed by atoms with Crippen molar-refractivity contribution in [3.05, 3.63) is 65.1 Å². The highest BCUT2D eigenvalue weighted by Crippen LogP contribution is 2.20. The lowest BCUT2D eigenvalue weighted by Crippen LogP contribution is -2.09. The van der Waals surface area contributed by atoms with Crippen molar-refractivity contribution < 1.29 is 13.5 Å². The van der Waals surface area contributed by atoms with E-state index in [0.29, 0.717) is 11.3 Å².